The summed E-state index contributed by atoms with van der Waals surface area (Å²) in [6, 6.07) is 0. The molecule has 0 aromatic heterocycles. The molecule has 0 aromatic carbocycles. The van der Waals surface area contributed by atoms with Crippen molar-refractivity contribution < 1.29 is 24.1 Å². The van der Waals surface area contributed by atoms with Crippen LogP contribution in [0.5, 0.6) is 0 Å². The van der Waals surface area contributed by atoms with Gasteiger partial charge in [0.2, 0.25) is 0 Å². The van der Waals surface area contributed by atoms with E-state index in [0.29, 0.717) is 19.8 Å². The van der Waals surface area contributed by atoms with Crippen LogP contribution in [0.2, 0.25) is 0 Å². The minimum absolute atomic E-state index is 0.108. The van der Waals surface area contributed by atoms with Gasteiger partial charge in [-0.15, -0.1) is 0 Å². The van der Waals surface area contributed by atoms with Crippen molar-refractivity contribution in [1.82, 2.24) is 5.32 Å². The molecule has 0 aromatic rings. The number of carbonyl (C=O) groups is 1. The van der Waals surface area contributed by atoms with Crippen LogP contribution in [0.1, 0.15) is 19.8 Å². The maximum absolute atomic E-state index is 11.0. The molecule has 1 aliphatic heterocycles. The van der Waals surface area contributed by atoms with E-state index in [1.54, 1.807) is 6.92 Å². The first-order valence-corrected chi connectivity index (χ1v) is 6.46. The Bertz CT molecular complexity index is 231. The molecule has 1 fully saturated rings. The van der Waals surface area contributed by atoms with Gasteiger partial charge in [-0.25, -0.2) is 0 Å². The van der Waals surface area contributed by atoms with E-state index < -0.39 is 6.10 Å². The molecule has 0 saturated carbocycles. The number of esters is 1. The standard InChI is InChI=1S/C12H23NO5/c1-2-17-12(15)7-13-6-10(14)8-16-9-11-4-3-5-18-11/h10-11,13-14H,2-9H2,1H3. The Morgan fingerprint density at radius 2 is 2.44 bits per heavy atom. The molecule has 2 atom stereocenters. The lowest BCUT2D eigenvalue weighted by molar-refractivity contribution is -0.142. The van der Waals surface area contributed by atoms with Gasteiger partial charge in [-0.2, -0.15) is 0 Å². The van der Waals surface area contributed by atoms with Crippen LogP contribution in [0.25, 0.3) is 0 Å². The number of nitrogens with one attached hydrogen (secondary N) is 1. The topological polar surface area (TPSA) is 77.0 Å². The van der Waals surface area contributed by atoms with E-state index in [2.05, 4.69) is 5.32 Å². The lowest BCUT2D eigenvalue weighted by atomic mass is 10.2. The van der Waals surface area contributed by atoms with Gasteiger partial charge in [-0.05, 0) is 19.8 Å². The SMILES string of the molecule is CCOC(=O)CNCC(O)COCC1CCCO1. The van der Waals surface area contributed by atoms with Gasteiger partial charge in [-0.3, -0.25) is 4.79 Å². The van der Waals surface area contributed by atoms with Gasteiger partial charge in [0.25, 0.3) is 0 Å². The number of hydrogen-bond acceptors (Lipinski definition) is 6. The normalized spacial score (nSPS) is 20.9. The van der Waals surface area contributed by atoms with Crippen LogP contribution in [-0.4, -0.2) is 62.8 Å². The molecule has 106 valence electrons. The van der Waals surface area contributed by atoms with Crippen molar-refractivity contribution in [2.45, 2.75) is 32.0 Å². The summed E-state index contributed by atoms with van der Waals surface area (Å²) < 4.78 is 15.5. The Morgan fingerprint density at radius 1 is 1.61 bits per heavy atom. The second-order valence-corrected chi connectivity index (χ2v) is 4.26. The predicted octanol–water partition coefficient (Wildman–Crippen LogP) is -0.304. The van der Waals surface area contributed by atoms with Crippen LogP contribution in [0.4, 0.5) is 0 Å². The molecule has 2 unspecified atom stereocenters. The highest BCUT2D eigenvalue weighted by atomic mass is 16.5. The first kappa shape index (κ1) is 15.4. The van der Waals surface area contributed by atoms with Crippen molar-refractivity contribution in [2.24, 2.45) is 0 Å². The Hall–Kier alpha value is -0.690. The predicted molar refractivity (Wildman–Crippen MR) is 65.3 cm³/mol. The van der Waals surface area contributed by atoms with Crippen LogP contribution in [0.15, 0.2) is 0 Å². The lowest BCUT2D eigenvalue weighted by Crippen LogP contribution is -2.35. The first-order valence-electron chi connectivity index (χ1n) is 6.46. The summed E-state index contributed by atoms with van der Waals surface area (Å²) in [6.45, 7) is 4.11. The second-order valence-electron chi connectivity index (χ2n) is 4.26. The second kappa shape index (κ2) is 9.27. The van der Waals surface area contributed by atoms with Gasteiger partial charge in [0.1, 0.15) is 0 Å². The number of aliphatic hydroxyl groups excluding tert-OH is 1. The molecule has 1 heterocycles. The molecule has 0 aliphatic carbocycles. The smallest absolute Gasteiger partial charge is 0.319 e. The molecule has 1 aliphatic rings. The van der Waals surface area contributed by atoms with E-state index in [0.717, 1.165) is 19.4 Å². The highest BCUT2D eigenvalue weighted by molar-refractivity contribution is 5.71. The summed E-state index contributed by atoms with van der Waals surface area (Å²) in [4.78, 5) is 11.0. The molecular formula is C12H23NO5. The third kappa shape index (κ3) is 6.90. The summed E-state index contributed by atoms with van der Waals surface area (Å²) in [6.07, 6.45) is 1.65. The number of carbonyl (C=O) groups excluding carboxylic acids is 1. The third-order valence-electron chi connectivity index (χ3n) is 2.59. The zero-order chi connectivity index (χ0) is 13.2. The van der Waals surface area contributed by atoms with Crippen LogP contribution >= 0.6 is 0 Å². The van der Waals surface area contributed by atoms with Crippen molar-refractivity contribution in [1.29, 1.82) is 0 Å². The number of hydrogen-bond donors (Lipinski definition) is 2. The minimum Gasteiger partial charge on any atom is -0.465 e. The first-order chi connectivity index (χ1) is 8.72. The summed E-state index contributed by atoms with van der Waals surface area (Å²) in [7, 11) is 0. The molecule has 2 N–H and O–H groups in total. The number of rotatable bonds is 9. The minimum atomic E-state index is -0.624. The summed E-state index contributed by atoms with van der Waals surface area (Å²) in [5, 5.41) is 12.4. The average Bonchev–Trinajstić information content (AvgIpc) is 2.82. The highest BCUT2D eigenvalue weighted by Gasteiger charge is 2.16. The van der Waals surface area contributed by atoms with Crippen LogP contribution in [-0.2, 0) is 19.0 Å². The zero-order valence-electron chi connectivity index (χ0n) is 10.9. The van der Waals surface area contributed by atoms with Crippen molar-refractivity contribution in [3.8, 4) is 0 Å². The molecule has 0 radical (unpaired) electrons. The monoisotopic (exact) mass is 261 g/mol. The largest absolute Gasteiger partial charge is 0.465 e. The van der Waals surface area contributed by atoms with Gasteiger partial charge in [-0.1, -0.05) is 0 Å². The van der Waals surface area contributed by atoms with Gasteiger partial charge < -0.3 is 24.6 Å². The van der Waals surface area contributed by atoms with Crippen molar-refractivity contribution in [3.63, 3.8) is 0 Å². The Morgan fingerprint density at radius 3 is 3.11 bits per heavy atom. The molecule has 0 bridgehead atoms. The van der Waals surface area contributed by atoms with Crippen molar-refractivity contribution in [3.05, 3.63) is 0 Å². The molecule has 18 heavy (non-hydrogen) atoms. The Labute approximate surface area is 108 Å². The Kier molecular flexibility index (Phi) is 7.91. The maximum atomic E-state index is 11.0. The van der Waals surface area contributed by atoms with Crippen LogP contribution < -0.4 is 5.32 Å². The quantitative estimate of drug-likeness (QED) is 0.555. The van der Waals surface area contributed by atoms with Gasteiger partial charge in [0.05, 0.1) is 38.6 Å². The summed E-state index contributed by atoms with van der Waals surface area (Å²) in [5.41, 5.74) is 0. The molecular weight excluding hydrogens is 238 g/mol. The van der Waals surface area contributed by atoms with E-state index in [-0.39, 0.29) is 25.2 Å². The van der Waals surface area contributed by atoms with Crippen molar-refractivity contribution in [2.75, 3.05) is 39.5 Å². The molecule has 6 heteroatoms. The van der Waals surface area contributed by atoms with Crippen LogP contribution in [0, 0.1) is 0 Å². The fourth-order valence-electron chi connectivity index (χ4n) is 1.72. The van der Waals surface area contributed by atoms with Crippen molar-refractivity contribution >= 4 is 5.97 Å². The fraction of sp³-hybridized carbons (Fsp3) is 0.917. The summed E-state index contributed by atoms with van der Waals surface area (Å²) >= 11 is 0. The molecule has 1 rings (SSSR count). The average molecular weight is 261 g/mol. The maximum Gasteiger partial charge on any atom is 0.319 e. The van der Waals surface area contributed by atoms with Crippen LogP contribution in [0.3, 0.4) is 0 Å². The number of aliphatic hydroxyl groups is 1. The van der Waals surface area contributed by atoms with E-state index in [1.165, 1.54) is 0 Å². The fourth-order valence-corrected chi connectivity index (χ4v) is 1.72. The van der Waals surface area contributed by atoms with Gasteiger partial charge in [0.15, 0.2) is 0 Å². The van der Waals surface area contributed by atoms with Gasteiger partial charge >= 0.3 is 5.97 Å². The highest BCUT2D eigenvalue weighted by Crippen LogP contribution is 2.11. The lowest BCUT2D eigenvalue weighted by Gasteiger charge is -2.14. The molecule has 0 spiro atoms. The molecule has 0 amide bonds. The van der Waals surface area contributed by atoms with E-state index in [4.69, 9.17) is 14.2 Å². The zero-order valence-corrected chi connectivity index (χ0v) is 10.9. The third-order valence-corrected chi connectivity index (χ3v) is 2.59. The van der Waals surface area contributed by atoms with E-state index in [1.807, 2.05) is 0 Å². The molecule has 6 nitrogen and oxygen atoms in total. The molecule has 1 saturated heterocycles. The van der Waals surface area contributed by atoms with Gasteiger partial charge in [0, 0.05) is 13.2 Å². The number of ether oxygens (including phenoxy) is 3. The van der Waals surface area contributed by atoms with E-state index >= 15 is 0 Å². The van der Waals surface area contributed by atoms with E-state index in [9.17, 15) is 9.90 Å². The summed E-state index contributed by atoms with van der Waals surface area (Å²) in [5.74, 6) is -0.315. The Balaban J connectivity index is 1.93.